The van der Waals surface area contributed by atoms with Crippen molar-refractivity contribution in [2.75, 3.05) is 14.7 Å². The molecular weight excluding hydrogens is 912 g/mol. The number of aromatic nitrogens is 1. The second kappa shape index (κ2) is 18.2. The van der Waals surface area contributed by atoms with Gasteiger partial charge in [0.1, 0.15) is 11.5 Å². The zero-order chi connectivity index (χ0) is 50.0. The van der Waals surface area contributed by atoms with Gasteiger partial charge in [0.25, 0.3) is 6.71 Å². The van der Waals surface area contributed by atoms with Crippen LogP contribution in [-0.2, 0) is 0 Å². The molecule has 0 N–H and O–H groups in total. The smallest absolute Gasteiger partial charge is 0.257 e. The highest BCUT2D eigenvalue weighted by atomic mass is 16.5. The number of ether oxygens (including phenoxy) is 1. The minimum absolute atomic E-state index is 0.135. The fraction of sp³-hybridized carbons (Fsp3) is 0.0435. The predicted octanol–water partition coefficient (Wildman–Crippen LogP) is 17.0. The summed E-state index contributed by atoms with van der Waals surface area (Å²) < 4.78 is 9.92. The molecular formula is C69H51BN4O. The van der Waals surface area contributed by atoms with Gasteiger partial charge in [-0.3, -0.25) is 0 Å². The van der Waals surface area contributed by atoms with Crippen molar-refractivity contribution in [3.05, 3.63) is 267 Å². The maximum absolute atomic E-state index is 7.55. The first-order chi connectivity index (χ1) is 37.1. The Bertz CT molecular complexity index is 4240. The minimum atomic E-state index is -0.135. The van der Waals surface area contributed by atoms with E-state index in [0.717, 1.165) is 91.2 Å². The maximum atomic E-state index is 7.55. The number of rotatable bonds is 10. The van der Waals surface area contributed by atoms with Gasteiger partial charge < -0.3 is 24.0 Å². The van der Waals surface area contributed by atoms with E-state index in [1.54, 1.807) is 0 Å². The van der Waals surface area contributed by atoms with Gasteiger partial charge in [-0.05, 0) is 148 Å². The van der Waals surface area contributed by atoms with Crippen LogP contribution in [0.4, 0.5) is 45.5 Å². The Morgan fingerprint density at radius 3 is 1.80 bits per heavy atom. The van der Waals surface area contributed by atoms with E-state index >= 15 is 0 Å². The average molecular weight is 963 g/mol. The van der Waals surface area contributed by atoms with E-state index in [4.69, 9.17) is 4.74 Å². The Labute approximate surface area is 437 Å². The predicted molar refractivity (Wildman–Crippen MR) is 318 cm³/mol. The summed E-state index contributed by atoms with van der Waals surface area (Å²) >= 11 is 0. The number of anilines is 8. The summed E-state index contributed by atoms with van der Waals surface area (Å²) in [6, 6.07) is 88.1. The van der Waals surface area contributed by atoms with Crippen LogP contribution in [0.3, 0.4) is 0 Å². The largest absolute Gasteiger partial charge is 0.458 e. The molecule has 75 heavy (non-hydrogen) atoms. The molecule has 0 fully saturated rings. The molecule has 6 heteroatoms. The van der Waals surface area contributed by atoms with Gasteiger partial charge in [-0.2, -0.15) is 0 Å². The molecule has 0 unspecified atom stereocenters. The number of fused-ring (bicyclic) bond motifs is 10. The molecule has 0 spiro atoms. The van der Waals surface area contributed by atoms with Crippen LogP contribution in [0.2, 0.25) is 0 Å². The zero-order valence-electron chi connectivity index (χ0n) is 41.8. The monoisotopic (exact) mass is 962 g/mol. The molecule has 3 heterocycles. The van der Waals surface area contributed by atoms with E-state index in [9.17, 15) is 0 Å². The molecule has 0 saturated carbocycles. The molecule has 1 aromatic heterocycles. The molecule has 2 aliphatic rings. The van der Waals surface area contributed by atoms with Crippen molar-refractivity contribution in [1.82, 2.24) is 4.57 Å². The maximum Gasteiger partial charge on any atom is 0.257 e. The fourth-order valence-electron chi connectivity index (χ4n) is 11.9. The summed E-state index contributed by atoms with van der Waals surface area (Å²) in [5.74, 6) is 1.66. The number of hydrogen-bond acceptors (Lipinski definition) is 4. The number of allylic oxidation sites excluding steroid dienone is 3. The number of para-hydroxylation sites is 4. The summed E-state index contributed by atoms with van der Waals surface area (Å²) in [4.78, 5) is 7.22. The molecule has 0 saturated heterocycles. The Hall–Kier alpha value is -9.52. The lowest BCUT2D eigenvalue weighted by atomic mass is 9.33. The van der Waals surface area contributed by atoms with Crippen LogP contribution in [0.15, 0.2) is 267 Å². The zero-order valence-corrected chi connectivity index (χ0v) is 41.8. The van der Waals surface area contributed by atoms with Gasteiger partial charge in [0.15, 0.2) is 0 Å². The molecule has 0 radical (unpaired) electrons. The van der Waals surface area contributed by atoms with Crippen molar-refractivity contribution in [2.45, 2.75) is 20.3 Å². The van der Waals surface area contributed by atoms with Gasteiger partial charge in [-0.1, -0.05) is 159 Å². The van der Waals surface area contributed by atoms with E-state index in [1.165, 1.54) is 43.3 Å². The third-order valence-corrected chi connectivity index (χ3v) is 15.2. The van der Waals surface area contributed by atoms with Crippen molar-refractivity contribution in [3.8, 4) is 17.2 Å². The average Bonchev–Trinajstić information content (AvgIpc) is 3.81. The Balaban J connectivity index is 1.00. The van der Waals surface area contributed by atoms with E-state index in [-0.39, 0.29) is 6.71 Å². The quantitative estimate of drug-likeness (QED) is 0.101. The lowest BCUT2D eigenvalue weighted by molar-refractivity contribution is 0.488. The molecule has 0 bridgehead atoms. The lowest BCUT2D eigenvalue weighted by Crippen LogP contribution is -2.60. The van der Waals surface area contributed by atoms with Crippen molar-refractivity contribution in [1.29, 1.82) is 0 Å². The van der Waals surface area contributed by atoms with Crippen LogP contribution >= 0.6 is 0 Å². The van der Waals surface area contributed by atoms with Crippen molar-refractivity contribution >= 4 is 112 Å². The molecule has 2 aliphatic heterocycles. The normalized spacial score (nSPS) is 12.8. The molecule has 0 amide bonds. The number of nitrogens with zero attached hydrogens (tertiary/aromatic N) is 4. The summed E-state index contributed by atoms with van der Waals surface area (Å²) in [5, 5.41) is 7.22. The molecule has 356 valence electrons. The second-order valence-corrected chi connectivity index (χ2v) is 19.5. The fourth-order valence-corrected chi connectivity index (χ4v) is 11.9. The molecule has 5 nitrogen and oxygen atoms in total. The highest BCUT2D eigenvalue weighted by Gasteiger charge is 2.44. The summed E-state index contributed by atoms with van der Waals surface area (Å²) in [6.07, 6.45) is 7.69. The molecule has 14 rings (SSSR count). The molecule has 0 aliphatic carbocycles. The van der Waals surface area contributed by atoms with Gasteiger partial charge in [-0.15, -0.1) is 0 Å². The SMILES string of the molecule is C/C=C(\C=C/CC)N1c2cc(N(c3ccccc3)c3ccc4ccccc4c3)cc3c2B(c2ccc(N(c4ccccc4)c4ccc5c(c4)c4ccccc4n5-c4ccccc4)cc2O3)c2c1ccc1ccccc21. The van der Waals surface area contributed by atoms with Gasteiger partial charge in [0.2, 0.25) is 0 Å². The Morgan fingerprint density at radius 1 is 0.453 bits per heavy atom. The van der Waals surface area contributed by atoms with Gasteiger partial charge in [0.05, 0.1) is 16.7 Å². The molecule has 11 aromatic carbocycles. The standard InChI is InChI=1S/C69H51BN4O/c1-3-5-24-50(4-2)73-64-40-35-48-22-17-18-31-58(48)68(64)70-61-39-37-56(71(51-25-9-6-10-26-51)55-38-41-63-60(43-55)59-32-19-20-33-62(59)74(63)53-29-13-8-14-30-53)45-66(61)75-67-46-57(44-65(73)69(67)70)72(52-27-11-7-12-28-52)54-36-34-47-21-15-16-23-49(47)42-54/h4-46H,3H2,1-2H3/b24-5-,50-4+. The Morgan fingerprint density at radius 2 is 1.04 bits per heavy atom. The topological polar surface area (TPSA) is 23.9 Å². The van der Waals surface area contributed by atoms with Gasteiger partial charge >= 0.3 is 0 Å². The third kappa shape index (κ3) is 7.32. The van der Waals surface area contributed by atoms with Crippen molar-refractivity contribution in [2.24, 2.45) is 0 Å². The number of benzene rings is 11. The van der Waals surface area contributed by atoms with E-state index in [1.807, 2.05) is 0 Å². The van der Waals surface area contributed by atoms with Crippen LogP contribution in [0.5, 0.6) is 11.5 Å². The summed E-state index contributed by atoms with van der Waals surface area (Å²) in [6.45, 7) is 4.21. The first kappa shape index (κ1) is 44.2. The Kier molecular flexibility index (Phi) is 10.7. The highest BCUT2D eigenvalue weighted by molar-refractivity contribution is 7.00. The molecule has 0 atom stereocenters. The lowest BCUT2D eigenvalue weighted by Gasteiger charge is -2.42. The van der Waals surface area contributed by atoms with Gasteiger partial charge in [0, 0.05) is 74.1 Å². The molecule has 12 aromatic rings. The third-order valence-electron chi connectivity index (χ3n) is 15.2. The number of hydrogen-bond donors (Lipinski definition) is 0. The second-order valence-electron chi connectivity index (χ2n) is 19.5. The first-order valence-electron chi connectivity index (χ1n) is 26.1. The van der Waals surface area contributed by atoms with Crippen molar-refractivity contribution < 1.29 is 4.74 Å². The van der Waals surface area contributed by atoms with Crippen LogP contribution < -0.4 is 35.8 Å². The minimum Gasteiger partial charge on any atom is -0.458 e. The van der Waals surface area contributed by atoms with Crippen LogP contribution in [0, 0.1) is 0 Å². The van der Waals surface area contributed by atoms with Gasteiger partial charge in [-0.25, -0.2) is 0 Å². The van der Waals surface area contributed by atoms with E-state index in [2.05, 4.69) is 294 Å². The van der Waals surface area contributed by atoms with Crippen molar-refractivity contribution in [3.63, 3.8) is 0 Å². The van der Waals surface area contributed by atoms with Crippen LogP contribution in [-0.4, -0.2) is 11.3 Å². The highest BCUT2D eigenvalue weighted by Crippen LogP contribution is 2.47. The van der Waals surface area contributed by atoms with E-state index < -0.39 is 0 Å². The van der Waals surface area contributed by atoms with Crippen LogP contribution in [0.25, 0.3) is 49.0 Å². The summed E-state index contributed by atoms with van der Waals surface area (Å²) in [5.41, 5.74) is 16.6. The first-order valence-corrected chi connectivity index (χ1v) is 26.1. The van der Waals surface area contributed by atoms with E-state index in [0.29, 0.717) is 0 Å². The van der Waals surface area contributed by atoms with Crippen LogP contribution in [0.1, 0.15) is 20.3 Å². The summed E-state index contributed by atoms with van der Waals surface area (Å²) in [7, 11) is 0.